The number of ketones is 1. The highest BCUT2D eigenvalue weighted by molar-refractivity contribution is 7.93. The molecule has 0 aliphatic carbocycles. The standard InChI is InChI=1S/C20H19ClN2O9S2/c1-9-15(21)19(32-22-9)23-34(27,28)14-5-6-33-18(14)12(24)7-10-11(20(25)26)8-13(29-2)17(31-4)16(10)30-3/h5-6,8,23H,7H2,1-4H3,(H,25,26). The predicted octanol–water partition coefficient (Wildman–Crippen LogP) is 3.65. The molecule has 0 bridgehead atoms. The lowest BCUT2D eigenvalue weighted by molar-refractivity contribution is 0.0694. The van der Waals surface area contributed by atoms with Crippen molar-refractivity contribution >= 4 is 50.6 Å². The number of nitrogens with one attached hydrogen (secondary N) is 1. The van der Waals surface area contributed by atoms with Gasteiger partial charge in [-0.2, -0.15) is 0 Å². The first-order valence-corrected chi connectivity index (χ1v) is 12.1. The number of thiophene rings is 1. The van der Waals surface area contributed by atoms with Crippen molar-refractivity contribution in [2.45, 2.75) is 18.2 Å². The molecule has 1 aromatic carbocycles. The van der Waals surface area contributed by atoms with Gasteiger partial charge in [-0.1, -0.05) is 16.8 Å². The predicted molar refractivity (Wildman–Crippen MR) is 122 cm³/mol. The van der Waals surface area contributed by atoms with Gasteiger partial charge in [0.1, 0.15) is 15.6 Å². The number of carbonyl (C=O) groups excluding carboxylic acids is 1. The van der Waals surface area contributed by atoms with Crippen molar-refractivity contribution in [3.05, 3.63) is 44.2 Å². The molecule has 0 radical (unpaired) electrons. The van der Waals surface area contributed by atoms with Crippen molar-refractivity contribution in [1.82, 2.24) is 5.16 Å². The van der Waals surface area contributed by atoms with Gasteiger partial charge in [0.05, 0.1) is 31.8 Å². The Bertz CT molecular complexity index is 1360. The summed E-state index contributed by atoms with van der Waals surface area (Å²) < 4.78 is 48.7. The topological polar surface area (TPSA) is 154 Å². The minimum Gasteiger partial charge on any atom is -0.493 e. The quantitative estimate of drug-likeness (QED) is 0.371. The van der Waals surface area contributed by atoms with Crippen LogP contribution in [0.1, 0.15) is 31.3 Å². The molecule has 2 heterocycles. The second-order valence-corrected chi connectivity index (χ2v) is 9.65. The van der Waals surface area contributed by atoms with Crippen LogP contribution in [0.15, 0.2) is 26.9 Å². The van der Waals surface area contributed by atoms with Gasteiger partial charge in [0, 0.05) is 12.0 Å². The van der Waals surface area contributed by atoms with Gasteiger partial charge in [-0.25, -0.2) is 17.9 Å². The lowest BCUT2D eigenvalue weighted by Gasteiger charge is -2.18. The number of carboxylic acid groups (broad SMARTS) is 1. The lowest BCUT2D eigenvalue weighted by Crippen LogP contribution is -2.17. The number of aromatic nitrogens is 1. The first-order chi connectivity index (χ1) is 16.0. The van der Waals surface area contributed by atoms with E-state index in [4.69, 9.17) is 30.3 Å². The summed E-state index contributed by atoms with van der Waals surface area (Å²) in [6, 6.07) is 2.44. The Morgan fingerprint density at radius 2 is 1.88 bits per heavy atom. The third-order valence-electron chi connectivity index (χ3n) is 4.69. The van der Waals surface area contributed by atoms with Gasteiger partial charge in [-0.05, 0) is 24.4 Å². The maximum atomic E-state index is 13.2. The molecule has 3 rings (SSSR count). The Labute approximate surface area is 203 Å². The summed E-state index contributed by atoms with van der Waals surface area (Å²) in [5, 5.41) is 14.7. The van der Waals surface area contributed by atoms with Crippen LogP contribution in [0.3, 0.4) is 0 Å². The molecule has 0 saturated carbocycles. The summed E-state index contributed by atoms with van der Waals surface area (Å²) in [6.07, 6.45) is -0.490. The van der Waals surface area contributed by atoms with Crippen molar-refractivity contribution in [1.29, 1.82) is 0 Å². The van der Waals surface area contributed by atoms with Crippen LogP contribution in [0.2, 0.25) is 5.02 Å². The zero-order valence-electron chi connectivity index (χ0n) is 18.3. The average molecular weight is 531 g/mol. The fraction of sp³-hybridized carbons (Fsp3) is 0.250. The highest BCUT2D eigenvalue weighted by Crippen LogP contribution is 2.43. The monoisotopic (exact) mass is 530 g/mol. The Balaban J connectivity index is 2.03. The maximum absolute atomic E-state index is 13.2. The number of ether oxygens (including phenoxy) is 3. The zero-order valence-corrected chi connectivity index (χ0v) is 20.7. The number of anilines is 1. The Morgan fingerprint density at radius 3 is 2.41 bits per heavy atom. The first kappa shape index (κ1) is 25.3. The van der Waals surface area contributed by atoms with Gasteiger partial charge >= 0.3 is 5.97 Å². The van der Waals surface area contributed by atoms with Crippen LogP contribution in [0.5, 0.6) is 17.2 Å². The number of aryl methyl sites for hydroxylation is 1. The van der Waals surface area contributed by atoms with Crippen LogP contribution >= 0.6 is 22.9 Å². The molecule has 0 aliphatic heterocycles. The third kappa shape index (κ3) is 4.67. The number of hydrogen-bond donors (Lipinski definition) is 2. The molecule has 0 fully saturated rings. The summed E-state index contributed by atoms with van der Waals surface area (Å²) >= 11 is 6.86. The van der Waals surface area contributed by atoms with E-state index in [2.05, 4.69) is 9.88 Å². The highest BCUT2D eigenvalue weighted by Gasteiger charge is 2.30. The van der Waals surface area contributed by atoms with Crippen LogP contribution in [-0.4, -0.2) is 51.8 Å². The minimum absolute atomic E-state index is 0.00346. The van der Waals surface area contributed by atoms with Gasteiger partial charge in [-0.3, -0.25) is 4.79 Å². The molecule has 182 valence electrons. The lowest BCUT2D eigenvalue weighted by atomic mass is 9.99. The molecule has 11 nitrogen and oxygen atoms in total. The van der Waals surface area contributed by atoms with Crippen LogP contribution in [0, 0.1) is 6.92 Å². The van der Waals surface area contributed by atoms with Crippen molar-refractivity contribution in [3.63, 3.8) is 0 Å². The van der Waals surface area contributed by atoms with Gasteiger partial charge in [0.15, 0.2) is 17.3 Å². The number of Topliss-reactive ketones (excluding diaryl/α,β-unsaturated/α-hetero) is 1. The van der Waals surface area contributed by atoms with Crippen molar-refractivity contribution < 1.29 is 41.8 Å². The number of hydrogen-bond acceptors (Lipinski definition) is 10. The zero-order chi connectivity index (χ0) is 25.2. The second-order valence-electron chi connectivity index (χ2n) is 6.71. The summed E-state index contributed by atoms with van der Waals surface area (Å²) in [4.78, 5) is 24.6. The molecular weight excluding hydrogens is 512 g/mol. The average Bonchev–Trinajstić information content (AvgIpc) is 3.41. The summed E-state index contributed by atoms with van der Waals surface area (Å²) in [5.74, 6) is -2.12. The molecule has 2 N–H and O–H groups in total. The Kier molecular flexibility index (Phi) is 7.38. The maximum Gasteiger partial charge on any atom is 0.336 e. The van der Waals surface area contributed by atoms with E-state index >= 15 is 0 Å². The van der Waals surface area contributed by atoms with Gasteiger partial charge in [0.2, 0.25) is 5.75 Å². The van der Waals surface area contributed by atoms with E-state index in [0.717, 1.165) is 11.3 Å². The third-order valence-corrected chi connectivity index (χ3v) is 7.59. The molecule has 0 amide bonds. The molecule has 34 heavy (non-hydrogen) atoms. The summed E-state index contributed by atoms with van der Waals surface area (Å²) in [6.45, 7) is 1.53. The SMILES string of the molecule is COc1cc(C(=O)O)c(CC(=O)c2sccc2S(=O)(=O)Nc2onc(C)c2Cl)c(OC)c1OC. The number of carboxylic acids is 1. The molecule has 3 aromatic rings. The van der Waals surface area contributed by atoms with E-state index in [1.165, 1.54) is 45.8 Å². The molecule has 0 saturated heterocycles. The first-order valence-electron chi connectivity index (χ1n) is 9.36. The number of halogens is 1. The molecule has 0 spiro atoms. The van der Waals surface area contributed by atoms with E-state index in [-0.39, 0.29) is 54.7 Å². The van der Waals surface area contributed by atoms with E-state index in [1.54, 1.807) is 0 Å². The van der Waals surface area contributed by atoms with Gasteiger partial charge in [-0.15, -0.1) is 11.3 Å². The Morgan fingerprint density at radius 1 is 1.21 bits per heavy atom. The van der Waals surface area contributed by atoms with E-state index < -0.39 is 28.2 Å². The Hall–Kier alpha value is -3.29. The summed E-state index contributed by atoms with van der Waals surface area (Å²) in [7, 11) is -0.344. The van der Waals surface area contributed by atoms with Gasteiger partial charge in [0.25, 0.3) is 15.9 Å². The number of methoxy groups -OCH3 is 3. The minimum atomic E-state index is -4.28. The number of nitrogens with zero attached hydrogens (tertiary/aromatic N) is 1. The fourth-order valence-corrected chi connectivity index (χ4v) is 5.69. The highest BCUT2D eigenvalue weighted by atomic mass is 35.5. The van der Waals surface area contributed by atoms with E-state index in [9.17, 15) is 23.1 Å². The van der Waals surface area contributed by atoms with Gasteiger partial charge < -0.3 is 23.8 Å². The van der Waals surface area contributed by atoms with Crippen LogP contribution in [0.4, 0.5) is 5.88 Å². The van der Waals surface area contributed by atoms with E-state index in [0.29, 0.717) is 0 Å². The number of aromatic carboxylic acids is 1. The van der Waals surface area contributed by atoms with Crippen molar-refractivity contribution in [2.75, 3.05) is 26.1 Å². The van der Waals surface area contributed by atoms with Crippen molar-refractivity contribution in [2.24, 2.45) is 0 Å². The van der Waals surface area contributed by atoms with E-state index in [1.807, 2.05) is 0 Å². The molecular formula is C20H19ClN2O9S2. The number of carbonyl (C=O) groups is 2. The second kappa shape index (κ2) is 9.91. The molecule has 2 aromatic heterocycles. The number of rotatable bonds is 10. The molecule has 0 unspecified atom stereocenters. The fourth-order valence-electron chi connectivity index (χ4n) is 3.13. The number of sulfonamides is 1. The molecule has 0 aliphatic rings. The normalized spacial score (nSPS) is 11.2. The molecule has 14 heteroatoms. The smallest absolute Gasteiger partial charge is 0.336 e. The number of benzene rings is 1. The largest absolute Gasteiger partial charge is 0.493 e. The van der Waals surface area contributed by atoms with Crippen LogP contribution in [-0.2, 0) is 16.4 Å². The van der Waals surface area contributed by atoms with Crippen LogP contribution in [0.25, 0.3) is 0 Å². The molecule has 0 atom stereocenters. The van der Waals surface area contributed by atoms with Crippen molar-refractivity contribution in [3.8, 4) is 17.2 Å². The summed E-state index contributed by atoms with van der Waals surface area (Å²) in [5.41, 5.74) is 0.0184. The van der Waals surface area contributed by atoms with Crippen LogP contribution < -0.4 is 18.9 Å².